The van der Waals surface area contributed by atoms with Crippen LogP contribution in [0.25, 0.3) is 0 Å². The molecule has 0 spiro atoms. The molecule has 1 unspecified atom stereocenters. The van der Waals surface area contributed by atoms with Gasteiger partial charge in [-0.1, -0.05) is 20.3 Å². The van der Waals surface area contributed by atoms with Gasteiger partial charge >= 0.3 is 5.97 Å². The average Bonchev–Trinajstić information content (AvgIpc) is 2.03. The Labute approximate surface area is 74.3 Å². The molecule has 0 amide bonds. The summed E-state index contributed by atoms with van der Waals surface area (Å²) in [4.78, 5) is 11.0. The molecule has 0 radical (unpaired) electrons. The van der Waals surface area contributed by atoms with Crippen molar-refractivity contribution in [2.24, 2.45) is 5.73 Å². The fourth-order valence-corrected chi connectivity index (χ4v) is 0.940. The van der Waals surface area contributed by atoms with Gasteiger partial charge in [-0.15, -0.1) is 0 Å². The summed E-state index contributed by atoms with van der Waals surface area (Å²) in [7, 11) is 0. The van der Waals surface area contributed by atoms with E-state index < -0.39 is 6.04 Å². The Morgan fingerprint density at radius 2 is 2.08 bits per heavy atom. The molecular weight excluding hydrogens is 154 g/mol. The minimum Gasteiger partial charge on any atom is -0.461 e. The molecule has 0 aromatic heterocycles. The highest BCUT2D eigenvalue weighted by atomic mass is 16.5. The third-order valence-electron chi connectivity index (χ3n) is 1.72. The molecule has 12 heavy (non-hydrogen) atoms. The predicted molar refractivity (Wildman–Crippen MR) is 48.7 cm³/mol. The minimum absolute atomic E-state index is 0.0495. The van der Waals surface area contributed by atoms with E-state index in [1.165, 1.54) is 0 Å². The van der Waals surface area contributed by atoms with Crippen molar-refractivity contribution < 1.29 is 9.53 Å². The number of carbonyl (C=O) groups is 1. The van der Waals surface area contributed by atoms with E-state index in [2.05, 4.69) is 6.92 Å². The van der Waals surface area contributed by atoms with Gasteiger partial charge in [-0.25, -0.2) is 0 Å². The lowest BCUT2D eigenvalue weighted by Gasteiger charge is -2.16. The number of carbonyl (C=O) groups excluding carboxylic acids is 1. The summed E-state index contributed by atoms with van der Waals surface area (Å²) >= 11 is 0. The van der Waals surface area contributed by atoms with Gasteiger partial charge in [-0.3, -0.25) is 4.79 Å². The van der Waals surface area contributed by atoms with Crippen molar-refractivity contribution in [3.05, 3.63) is 0 Å². The Kier molecular flexibility index (Phi) is 5.72. The Morgan fingerprint density at radius 3 is 2.42 bits per heavy atom. The normalized spacial score (nSPS) is 15.3. The fourth-order valence-electron chi connectivity index (χ4n) is 0.940. The van der Waals surface area contributed by atoms with Gasteiger partial charge < -0.3 is 10.5 Å². The molecule has 0 aliphatic heterocycles. The quantitative estimate of drug-likeness (QED) is 0.640. The molecule has 0 heterocycles. The van der Waals surface area contributed by atoms with Crippen molar-refractivity contribution in [1.29, 1.82) is 0 Å². The third kappa shape index (κ3) is 4.34. The Bertz CT molecular complexity index is 134. The van der Waals surface area contributed by atoms with Crippen LogP contribution in [-0.4, -0.2) is 18.1 Å². The monoisotopic (exact) mass is 173 g/mol. The predicted octanol–water partition coefficient (Wildman–Crippen LogP) is 1.46. The van der Waals surface area contributed by atoms with Crippen molar-refractivity contribution in [2.45, 2.75) is 52.2 Å². The van der Waals surface area contributed by atoms with Crippen molar-refractivity contribution in [3.8, 4) is 0 Å². The summed E-state index contributed by atoms with van der Waals surface area (Å²) < 4.78 is 5.14. The topological polar surface area (TPSA) is 52.3 Å². The smallest absolute Gasteiger partial charge is 0.322 e. The van der Waals surface area contributed by atoms with Crippen LogP contribution in [-0.2, 0) is 9.53 Å². The van der Waals surface area contributed by atoms with E-state index in [1.807, 2.05) is 6.92 Å². The Hall–Kier alpha value is -0.570. The first-order chi connectivity index (χ1) is 5.61. The maximum absolute atomic E-state index is 11.0. The molecule has 3 heteroatoms. The van der Waals surface area contributed by atoms with Crippen LogP contribution in [0.4, 0.5) is 0 Å². The van der Waals surface area contributed by atoms with Crippen molar-refractivity contribution in [1.82, 2.24) is 0 Å². The fraction of sp³-hybridized carbons (Fsp3) is 0.889. The summed E-state index contributed by atoms with van der Waals surface area (Å²) in [5, 5.41) is 0. The Morgan fingerprint density at radius 1 is 1.50 bits per heavy atom. The number of nitrogens with two attached hydrogens (primary N) is 1. The van der Waals surface area contributed by atoms with E-state index in [0.717, 1.165) is 19.3 Å². The van der Waals surface area contributed by atoms with E-state index in [9.17, 15) is 4.79 Å². The Balaban J connectivity index is 3.77. The molecule has 0 bridgehead atoms. The zero-order valence-corrected chi connectivity index (χ0v) is 8.17. The first kappa shape index (κ1) is 11.4. The molecular formula is C9H19NO2. The summed E-state index contributed by atoms with van der Waals surface area (Å²) in [6.45, 7) is 5.72. The first-order valence-electron chi connectivity index (χ1n) is 4.57. The van der Waals surface area contributed by atoms with Crippen LogP contribution in [0.5, 0.6) is 0 Å². The van der Waals surface area contributed by atoms with Gasteiger partial charge in [0, 0.05) is 0 Å². The molecule has 72 valence electrons. The van der Waals surface area contributed by atoms with Gasteiger partial charge in [0.15, 0.2) is 0 Å². The standard InChI is InChI=1S/C9H19NO2/c1-4-6-8(5-2)12-9(11)7(3)10/h7-8H,4-6,10H2,1-3H3/t7-,8?/m0/s1. The van der Waals surface area contributed by atoms with E-state index in [1.54, 1.807) is 6.92 Å². The van der Waals surface area contributed by atoms with Crippen molar-refractivity contribution in [2.75, 3.05) is 0 Å². The SMILES string of the molecule is CCCC(CC)OC(=O)[C@H](C)N. The lowest BCUT2D eigenvalue weighted by Crippen LogP contribution is -2.32. The van der Waals surface area contributed by atoms with Crippen LogP contribution in [0.2, 0.25) is 0 Å². The van der Waals surface area contributed by atoms with Gasteiger partial charge in [0.2, 0.25) is 0 Å². The largest absolute Gasteiger partial charge is 0.461 e. The van der Waals surface area contributed by atoms with E-state index in [-0.39, 0.29) is 12.1 Å². The molecule has 2 atom stereocenters. The number of rotatable bonds is 5. The van der Waals surface area contributed by atoms with Gasteiger partial charge in [0.1, 0.15) is 12.1 Å². The number of hydrogen-bond donors (Lipinski definition) is 1. The van der Waals surface area contributed by atoms with Crippen LogP contribution >= 0.6 is 0 Å². The van der Waals surface area contributed by atoms with Crippen molar-refractivity contribution in [3.63, 3.8) is 0 Å². The second-order valence-electron chi connectivity index (χ2n) is 3.04. The summed E-state index contributed by atoms with van der Waals surface area (Å²) in [5.41, 5.74) is 5.36. The molecule has 0 saturated heterocycles. The number of hydrogen-bond acceptors (Lipinski definition) is 3. The maximum Gasteiger partial charge on any atom is 0.322 e. The molecule has 0 aromatic rings. The van der Waals surface area contributed by atoms with Crippen LogP contribution in [0.1, 0.15) is 40.0 Å². The zero-order valence-electron chi connectivity index (χ0n) is 8.17. The molecule has 0 aliphatic rings. The van der Waals surface area contributed by atoms with E-state index >= 15 is 0 Å². The summed E-state index contributed by atoms with van der Waals surface area (Å²) in [6, 6.07) is -0.504. The van der Waals surface area contributed by atoms with Crippen LogP contribution < -0.4 is 5.73 Å². The average molecular weight is 173 g/mol. The van der Waals surface area contributed by atoms with Gasteiger partial charge in [0.25, 0.3) is 0 Å². The van der Waals surface area contributed by atoms with Gasteiger partial charge in [0.05, 0.1) is 0 Å². The highest BCUT2D eigenvalue weighted by molar-refractivity contribution is 5.75. The number of esters is 1. The molecule has 0 aliphatic carbocycles. The summed E-state index contributed by atoms with van der Waals surface area (Å²) in [5.74, 6) is -0.296. The minimum atomic E-state index is -0.504. The van der Waals surface area contributed by atoms with Crippen LogP contribution in [0, 0.1) is 0 Å². The highest BCUT2D eigenvalue weighted by Gasteiger charge is 2.14. The molecule has 0 aromatic carbocycles. The molecule has 0 fully saturated rings. The summed E-state index contributed by atoms with van der Waals surface area (Å²) in [6.07, 6.45) is 2.87. The lowest BCUT2D eigenvalue weighted by molar-refractivity contribution is -0.150. The second kappa shape index (κ2) is 6.00. The highest BCUT2D eigenvalue weighted by Crippen LogP contribution is 2.06. The van der Waals surface area contributed by atoms with Crippen LogP contribution in [0.3, 0.4) is 0 Å². The molecule has 0 rings (SSSR count). The van der Waals surface area contributed by atoms with Crippen LogP contribution in [0.15, 0.2) is 0 Å². The van der Waals surface area contributed by atoms with Gasteiger partial charge in [-0.05, 0) is 19.8 Å². The third-order valence-corrected chi connectivity index (χ3v) is 1.72. The van der Waals surface area contributed by atoms with Gasteiger partial charge in [-0.2, -0.15) is 0 Å². The zero-order chi connectivity index (χ0) is 9.56. The molecule has 2 N–H and O–H groups in total. The van der Waals surface area contributed by atoms with Crippen molar-refractivity contribution >= 4 is 5.97 Å². The number of ether oxygens (including phenoxy) is 1. The first-order valence-corrected chi connectivity index (χ1v) is 4.57. The molecule has 0 saturated carbocycles. The second-order valence-corrected chi connectivity index (χ2v) is 3.04. The lowest BCUT2D eigenvalue weighted by atomic mass is 10.1. The molecule has 3 nitrogen and oxygen atoms in total. The maximum atomic E-state index is 11.0. The van der Waals surface area contributed by atoms with E-state index in [0.29, 0.717) is 0 Å². The van der Waals surface area contributed by atoms with E-state index in [4.69, 9.17) is 10.5 Å².